The van der Waals surface area contributed by atoms with E-state index < -0.39 is 0 Å². The molecule has 9 nitrogen and oxygen atoms in total. The molecular weight excluding hydrogens is 543 g/mol. The Kier molecular flexibility index (Phi) is 9.73. The monoisotopic (exact) mass is 586 g/mol. The first-order valence-electron chi connectivity index (χ1n) is 14.7. The number of likely N-dealkylation sites (N-methyl/N-ethyl adjacent to an activating group) is 1. The number of para-hydroxylation sites is 1. The number of aromatic nitrogens is 2. The minimum absolute atomic E-state index is 0.232. The number of hydrogen-bond acceptors (Lipinski definition) is 8. The number of carbonyl (C=O) groups is 1. The van der Waals surface area contributed by atoms with Gasteiger partial charge in [0.05, 0.1) is 11.4 Å². The second-order valence-corrected chi connectivity index (χ2v) is 13.6. The van der Waals surface area contributed by atoms with Gasteiger partial charge in [-0.3, -0.25) is 9.69 Å². The molecule has 222 valence electrons. The number of rotatable bonds is 9. The Hall–Kier alpha value is -3.52. The van der Waals surface area contributed by atoms with Crippen molar-refractivity contribution < 1.29 is 4.79 Å². The zero-order valence-electron chi connectivity index (χ0n) is 25.2. The third-order valence-electron chi connectivity index (χ3n) is 8.17. The molecule has 1 amide bonds. The van der Waals surface area contributed by atoms with Gasteiger partial charge in [0.25, 0.3) is 0 Å². The first kappa shape index (κ1) is 30.0. The van der Waals surface area contributed by atoms with Crippen molar-refractivity contribution in [2.24, 2.45) is 0 Å². The first-order valence-corrected chi connectivity index (χ1v) is 16.9. The Morgan fingerprint density at radius 1 is 1.00 bits per heavy atom. The lowest BCUT2D eigenvalue weighted by Crippen LogP contribution is -2.52. The molecular formula is C32H43N8OP. The molecule has 0 atom stereocenters. The molecule has 0 spiro atoms. The fourth-order valence-corrected chi connectivity index (χ4v) is 6.68. The van der Waals surface area contributed by atoms with Crippen molar-refractivity contribution in [3.63, 3.8) is 0 Å². The molecule has 2 aliphatic heterocycles. The first-order chi connectivity index (χ1) is 20.3. The van der Waals surface area contributed by atoms with Crippen LogP contribution in [0, 0.1) is 6.92 Å². The van der Waals surface area contributed by atoms with Crippen molar-refractivity contribution in [1.82, 2.24) is 19.8 Å². The van der Waals surface area contributed by atoms with Crippen LogP contribution in [-0.2, 0) is 4.79 Å². The molecule has 0 radical (unpaired) electrons. The fraction of sp³-hybridized carbons (Fsp3) is 0.406. The highest BCUT2D eigenvalue weighted by Crippen LogP contribution is 2.34. The topological polar surface area (TPSA) is 88.7 Å². The van der Waals surface area contributed by atoms with Crippen molar-refractivity contribution in [3.8, 4) is 0 Å². The van der Waals surface area contributed by atoms with E-state index in [-0.39, 0.29) is 13.8 Å². The van der Waals surface area contributed by atoms with Crippen molar-refractivity contribution in [3.05, 3.63) is 66.9 Å². The largest absolute Gasteiger partial charge is 0.370 e. The molecule has 0 unspecified atom stereocenters. The summed E-state index contributed by atoms with van der Waals surface area (Å²) in [6.45, 7) is 16.6. The summed E-state index contributed by atoms with van der Waals surface area (Å²) in [7, 11) is 1.93. The molecule has 0 saturated carbocycles. The molecule has 10 heteroatoms. The van der Waals surface area contributed by atoms with Gasteiger partial charge in [-0.1, -0.05) is 32.7 Å². The van der Waals surface area contributed by atoms with Gasteiger partial charge in [0, 0.05) is 68.4 Å². The molecule has 3 aromatic rings. The molecule has 1 aromatic heterocycles. The predicted octanol–water partition coefficient (Wildman–Crippen LogP) is 4.98. The number of amides is 1. The van der Waals surface area contributed by atoms with Crippen LogP contribution in [0.4, 0.5) is 34.5 Å². The van der Waals surface area contributed by atoms with Crippen molar-refractivity contribution >= 4 is 53.6 Å². The minimum atomic E-state index is -0.270. The third-order valence-corrected chi connectivity index (χ3v) is 9.52. The number of aryl methyl sites for hydroxylation is 1. The van der Waals surface area contributed by atoms with Crippen LogP contribution in [-0.4, -0.2) is 91.4 Å². The molecule has 2 fully saturated rings. The van der Waals surface area contributed by atoms with E-state index in [4.69, 9.17) is 4.98 Å². The molecule has 42 heavy (non-hydrogen) atoms. The Bertz CT molecular complexity index is 1400. The van der Waals surface area contributed by atoms with Gasteiger partial charge in [0.1, 0.15) is 5.82 Å². The van der Waals surface area contributed by atoms with Gasteiger partial charge in [-0.2, -0.15) is 4.98 Å². The van der Waals surface area contributed by atoms with E-state index in [2.05, 4.69) is 86.9 Å². The van der Waals surface area contributed by atoms with Gasteiger partial charge < -0.3 is 25.8 Å². The van der Waals surface area contributed by atoms with Crippen molar-refractivity contribution in [1.29, 1.82) is 0 Å². The molecule has 0 bridgehead atoms. The zero-order valence-corrected chi connectivity index (χ0v) is 26.1. The fourth-order valence-electron chi connectivity index (χ4n) is 5.69. The standard InChI is InChI=1S/C32H43N8OP/c1-6-30(41)35-27-21-24(11-12-28(27)40-15-13-25(14-16-40)39-19-17-38(3)18-20-39)34-32-33-22-23(2)31(37-32)36-26-9-7-8-10-29(26)42(4)5/h6-12,21-22,25H,1,13-20H2,2-5H3,(H,35,41)(H2,33,34,36,37). The second kappa shape index (κ2) is 13.6. The van der Waals surface area contributed by atoms with Crippen LogP contribution in [0.25, 0.3) is 0 Å². The quantitative estimate of drug-likeness (QED) is 0.239. The van der Waals surface area contributed by atoms with Crippen LogP contribution < -0.4 is 26.2 Å². The number of hydrogen-bond donors (Lipinski definition) is 3. The van der Waals surface area contributed by atoms with E-state index in [9.17, 15) is 4.79 Å². The molecule has 0 aliphatic carbocycles. The van der Waals surface area contributed by atoms with Gasteiger partial charge in [0.15, 0.2) is 0 Å². The Morgan fingerprint density at radius 2 is 1.74 bits per heavy atom. The van der Waals surface area contributed by atoms with Crippen LogP contribution in [0.2, 0.25) is 0 Å². The second-order valence-electron chi connectivity index (χ2n) is 11.4. The van der Waals surface area contributed by atoms with Crippen LogP contribution in [0.3, 0.4) is 0 Å². The normalized spacial score (nSPS) is 16.8. The van der Waals surface area contributed by atoms with Gasteiger partial charge in [0.2, 0.25) is 11.9 Å². The summed E-state index contributed by atoms with van der Waals surface area (Å²) < 4.78 is 0. The van der Waals surface area contributed by atoms with E-state index in [0.29, 0.717) is 12.0 Å². The molecule has 3 heterocycles. The van der Waals surface area contributed by atoms with E-state index in [1.807, 2.05) is 31.3 Å². The number of benzene rings is 2. The highest BCUT2D eigenvalue weighted by Gasteiger charge is 2.27. The number of piperidine rings is 1. The number of piperazine rings is 1. The van der Waals surface area contributed by atoms with E-state index in [1.165, 1.54) is 11.4 Å². The van der Waals surface area contributed by atoms with Gasteiger partial charge in [-0.25, -0.2) is 4.98 Å². The smallest absolute Gasteiger partial charge is 0.247 e. The minimum Gasteiger partial charge on any atom is -0.370 e. The SMILES string of the molecule is C=CC(=O)Nc1cc(Nc2ncc(C)c(Nc3ccccc3P(C)C)n2)ccc1N1CCC(N2CCN(C)CC2)CC1. The summed E-state index contributed by atoms with van der Waals surface area (Å²) in [5.41, 5.74) is 4.59. The summed E-state index contributed by atoms with van der Waals surface area (Å²) in [6, 6.07) is 15.0. The molecule has 3 N–H and O–H groups in total. The average Bonchev–Trinajstić information content (AvgIpc) is 2.99. The van der Waals surface area contributed by atoms with Crippen LogP contribution in [0.15, 0.2) is 61.3 Å². The summed E-state index contributed by atoms with van der Waals surface area (Å²) in [5.74, 6) is 1.01. The number of carbonyl (C=O) groups excluding carboxylic acids is 1. The lowest BCUT2D eigenvalue weighted by molar-refractivity contribution is -0.111. The molecule has 2 aromatic carbocycles. The lowest BCUT2D eigenvalue weighted by Gasteiger charge is -2.43. The summed E-state index contributed by atoms with van der Waals surface area (Å²) in [4.78, 5) is 29.2. The van der Waals surface area contributed by atoms with Crippen LogP contribution in [0.5, 0.6) is 0 Å². The number of anilines is 6. The summed E-state index contributed by atoms with van der Waals surface area (Å²) >= 11 is 0. The van der Waals surface area contributed by atoms with E-state index in [0.717, 1.165) is 86.2 Å². The number of nitrogens with zero attached hydrogens (tertiary/aromatic N) is 5. The highest BCUT2D eigenvalue weighted by atomic mass is 31.1. The Balaban J connectivity index is 1.32. The average molecular weight is 587 g/mol. The van der Waals surface area contributed by atoms with Crippen molar-refractivity contribution in [2.75, 3.05) is 80.5 Å². The Labute approximate surface area is 251 Å². The van der Waals surface area contributed by atoms with Gasteiger partial charge in [-0.15, -0.1) is 0 Å². The molecule has 5 rings (SSSR count). The van der Waals surface area contributed by atoms with Gasteiger partial charge in [-0.05, 0) is 75.8 Å². The van der Waals surface area contributed by atoms with E-state index in [1.54, 1.807) is 0 Å². The lowest BCUT2D eigenvalue weighted by atomic mass is 10.0. The molecule has 2 aliphatic rings. The Morgan fingerprint density at radius 3 is 2.45 bits per heavy atom. The summed E-state index contributed by atoms with van der Waals surface area (Å²) in [6.07, 6.45) is 5.36. The van der Waals surface area contributed by atoms with Crippen molar-refractivity contribution in [2.45, 2.75) is 25.8 Å². The maximum absolute atomic E-state index is 12.4. The highest BCUT2D eigenvalue weighted by molar-refractivity contribution is 7.64. The van der Waals surface area contributed by atoms with Crippen LogP contribution >= 0.6 is 7.92 Å². The third kappa shape index (κ3) is 7.27. The zero-order chi connectivity index (χ0) is 29.6. The maximum Gasteiger partial charge on any atom is 0.247 e. The molecule has 2 saturated heterocycles. The van der Waals surface area contributed by atoms with Crippen LogP contribution in [0.1, 0.15) is 18.4 Å². The van der Waals surface area contributed by atoms with Gasteiger partial charge >= 0.3 is 0 Å². The maximum atomic E-state index is 12.4. The number of nitrogens with one attached hydrogen (secondary N) is 3. The summed E-state index contributed by atoms with van der Waals surface area (Å²) in [5, 5.41) is 11.2. The van der Waals surface area contributed by atoms with E-state index >= 15 is 0 Å². The predicted molar refractivity (Wildman–Crippen MR) is 178 cm³/mol.